The van der Waals surface area contributed by atoms with E-state index in [2.05, 4.69) is 11.2 Å². The van der Waals surface area contributed by atoms with E-state index < -0.39 is 0 Å². The van der Waals surface area contributed by atoms with Gasteiger partial charge in [0, 0.05) is 0 Å². The topological polar surface area (TPSA) is 76.9 Å². The Kier molecular flexibility index (Phi) is 3.43. The Labute approximate surface area is 112 Å². The molecule has 0 atom stereocenters. The third kappa shape index (κ3) is 2.38. The van der Waals surface area contributed by atoms with Gasteiger partial charge in [-0.25, -0.2) is 0 Å². The highest BCUT2D eigenvalue weighted by atomic mass is 16.5. The fourth-order valence-corrected chi connectivity index (χ4v) is 1.96. The Balaban J connectivity index is 2.34. The fourth-order valence-electron chi connectivity index (χ4n) is 1.96. The molecule has 0 fully saturated rings. The monoisotopic (exact) mass is 256 g/mol. The second-order valence-electron chi connectivity index (χ2n) is 4.39. The molecule has 0 saturated carbocycles. The van der Waals surface area contributed by atoms with Crippen LogP contribution in [0.3, 0.4) is 0 Å². The molecule has 2 N–H and O–H groups in total. The first-order chi connectivity index (χ1) is 9.06. The van der Waals surface area contributed by atoms with Crippen molar-refractivity contribution < 1.29 is 4.74 Å². The molecule has 0 spiro atoms. The summed E-state index contributed by atoms with van der Waals surface area (Å²) in [5.74, 6) is 0.578. The summed E-state index contributed by atoms with van der Waals surface area (Å²) in [5.41, 5.74) is 9.95. The van der Waals surface area contributed by atoms with Crippen molar-refractivity contribution in [3.05, 3.63) is 40.7 Å². The first-order valence-corrected chi connectivity index (χ1v) is 5.93. The van der Waals surface area contributed by atoms with Crippen molar-refractivity contribution in [2.45, 2.75) is 20.4 Å². The number of nitriles is 1. The van der Waals surface area contributed by atoms with Crippen LogP contribution in [0.2, 0.25) is 0 Å². The van der Waals surface area contributed by atoms with Gasteiger partial charge in [-0.1, -0.05) is 6.07 Å². The van der Waals surface area contributed by atoms with Gasteiger partial charge in [0.2, 0.25) is 0 Å². The highest BCUT2D eigenvalue weighted by Gasteiger charge is 2.10. The van der Waals surface area contributed by atoms with Gasteiger partial charge in [-0.2, -0.15) is 10.4 Å². The minimum atomic E-state index is 0.527. The zero-order chi connectivity index (χ0) is 14.0. The van der Waals surface area contributed by atoms with Gasteiger partial charge in [0.15, 0.2) is 0 Å². The summed E-state index contributed by atoms with van der Waals surface area (Å²) in [6.07, 6.45) is 0. The number of ether oxygens (including phenoxy) is 1. The molecule has 0 amide bonds. The summed E-state index contributed by atoms with van der Waals surface area (Å²) in [6.45, 7) is 4.43. The van der Waals surface area contributed by atoms with Crippen LogP contribution in [0.4, 0.5) is 5.69 Å². The Morgan fingerprint density at radius 2 is 2.16 bits per heavy atom. The molecule has 2 aromatic rings. The summed E-state index contributed by atoms with van der Waals surface area (Å²) in [4.78, 5) is 0. The van der Waals surface area contributed by atoms with E-state index in [0.29, 0.717) is 17.9 Å². The SMILES string of the molecule is COc1cc(Cn2nc(C)c(N)c2C)ccc1C#N. The lowest BCUT2D eigenvalue weighted by atomic mass is 10.1. The van der Waals surface area contributed by atoms with Crippen LogP contribution < -0.4 is 10.5 Å². The summed E-state index contributed by atoms with van der Waals surface area (Å²) >= 11 is 0. The Bertz CT molecular complexity index is 652. The third-order valence-electron chi connectivity index (χ3n) is 3.16. The van der Waals surface area contributed by atoms with Gasteiger partial charge < -0.3 is 10.5 Å². The Hall–Kier alpha value is -2.48. The smallest absolute Gasteiger partial charge is 0.136 e. The zero-order valence-corrected chi connectivity index (χ0v) is 11.3. The molecular weight excluding hydrogens is 240 g/mol. The van der Waals surface area contributed by atoms with Crippen LogP contribution in [-0.4, -0.2) is 16.9 Å². The average Bonchev–Trinajstić information content (AvgIpc) is 2.66. The number of nitrogens with zero attached hydrogens (tertiary/aromatic N) is 3. The number of aromatic nitrogens is 2. The standard InChI is InChI=1S/C14H16N4O/c1-9-14(16)10(2)18(17-9)8-11-4-5-12(7-15)13(6-11)19-3/h4-6H,8,16H2,1-3H3. The molecule has 2 rings (SSSR count). The van der Waals surface area contributed by atoms with Gasteiger partial charge >= 0.3 is 0 Å². The molecule has 0 unspecified atom stereocenters. The molecule has 1 aromatic carbocycles. The maximum atomic E-state index is 8.95. The van der Waals surface area contributed by atoms with E-state index in [-0.39, 0.29) is 0 Å². The van der Waals surface area contributed by atoms with Crippen molar-refractivity contribution in [2.75, 3.05) is 12.8 Å². The number of benzene rings is 1. The minimum Gasteiger partial charge on any atom is -0.495 e. The maximum absolute atomic E-state index is 8.95. The van der Waals surface area contributed by atoms with Crippen LogP contribution in [0.1, 0.15) is 22.5 Å². The highest BCUT2D eigenvalue weighted by molar-refractivity contribution is 5.48. The Morgan fingerprint density at radius 1 is 1.42 bits per heavy atom. The molecule has 0 bridgehead atoms. The molecule has 0 aliphatic rings. The minimum absolute atomic E-state index is 0.527. The number of rotatable bonds is 3. The van der Waals surface area contributed by atoms with E-state index in [1.807, 2.05) is 30.7 Å². The van der Waals surface area contributed by atoms with E-state index in [0.717, 1.165) is 22.6 Å². The predicted molar refractivity (Wildman–Crippen MR) is 72.9 cm³/mol. The van der Waals surface area contributed by atoms with Crippen molar-refractivity contribution in [1.82, 2.24) is 9.78 Å². The Morgan fingerprint density at radius 3 is 2.68 bits per heavy atom. The van der Waals surface area contributed by atoms with Crippen LogP contribution in [0.25, 0.3) is 0 Å². The van der Waals surface area contributed by atoms with Crippen molar-refractivity contribution >= 4 is 5.69 Å². The molecular formula is C14H16N4O. The molecule has 5 nitrogen and oxygen atoms in total. The van der Waals surface area contributed by atoms with Crippen molar-refractivity contribution in [3.8, 4) is 11.8 Å². The summed E-state index contributed by atoms with van der Waals surface area (Å²) in [7, 11) is 1.56. The second-order valence-corrected chi connectivity index (χ2v) is 4.39. The van der Waals surface area contributed by atoms with Crippen molar-refractivity contribution in [2.24, 2.45) is 0 Å². The van der Waals surface area contributed by atoms with E-state index in [4.69, 9.17) is 15.7 Å². The van der Waals surface area contributed by atoms with Gasteiger partial charge in [0.05, 0.1) is 36.3 Å². The number of aryl methyl sites for hydroxylation is 1. The van der Waals surface area contributed by atoms with Crippen LogP contribution in [-0.2, 0) is 6.54 Å². The lowest BCUT2D eigenvalue weighted by Gasteiger charge is -2.08. The van der Waals surface area contributed by atoms with Gasteiger partial charge in [-0.3, -0.25) is 4.68 Å². The normalized spacial score (nSPS) is 10.2. The number of methoxy groups -OCH3 is 1. The number of hydrogen-bond acceptors (Lipinski definition) is 4. The largest absolute Gasteiger partial charge is 0.495 e. The fraction of sp³-hybridized carbons (Fsp3) is 0.286. The van der Waals surface area contributed by atoms with Crippen LogP contribution >= 0.6 is 0 Å². The number of nitrogen functional groups attached to an aromatic ring is 1. The first kappa shape index (κ1) is 13.0. The predicted octanol–water partition coefficient (Wildman–Crippen LogP) is 2.01. The van der Waals surface area contributed by atoms with Gasteiger partial charge in [0.1, 0.15) is 11.8 Å². The molecule has 0 aliphatic carbocycles. The first-order valence-electron chi connectivity index (χ1n) is 5.93. The number of hydrogen-bond donors (Lipinski definition) is 1. The molecule has 98 valence electrons. The van der Waals surface area contributed by atoms with Crippen LogP contribution in [0.15, 0.2) is 18.2 Å². The number of anilines is 1. The number of nitrogens with two attached hydrogens (primary N) is 1. The third-order valence-corrected chi connectivity index (χ3v) is 3.16. The lowest BCUT2D eigenvalue weighted by molar-refractivity contribution is 0.412. The van der Waals surface area contributed by atoms with E-state index in [1.54, 1.807) is 13.2 Å². The summed E-state index contributed by atoms with van der Waals surface area (Å²) < 4.78 is 7.05. The van der Waals surface area contributed by atoms with E-state index in [1.165, 1.54) is 0 Å². The molecule has 0 radical (unpaired) electrons. The lowest BCUT2D eigenvalue weighted by Crippen LogP contribution is -2.05. The van der Waals surface area contributed by atoms with E-state index in [9.17, 15) is 0 Å². The molecule has 0 aliphatic heterocycles. The maximum Gasteiger partial charge on any atom is 0.136 e. The average molecular weight is 256 g/mol. The molecule has 1 aromatic heterocycles. The van der Waals surface area contributed by atoms with Gasteiger partial charge in [-0.05, 0) is 31.5 Å². The highest BCUT2D eigenvalue weighted by Crippen LogP contribution is 2.21. The van der Waals surface area contributed by atoms with E-state index >= 15 is 0 Å². The van der Waals surface area contributed by atoms with Crippen molar-refractivity contribution in [1.29, 1.82) is 5.26 Å². The van der Waals surface area contributed by atoms with Gasteiger partial charge in [-0.15, -0.1) is 0 Å². The zero-order valence-electron chi connectivity index (χ0n) is 11.3. The van der Waals surface area contributed by atoms with Crippen molar-refractivity contribution in [3.63, 3.8) is 0 Å². The van der Waals surface area contributed by atoms with Crippen LogP contribution in [0, 0.1) is 25.2 Å². The second kappa shape index (κ2) is 5.02. The summed E-state index contributed by atoms with van der Waals surface area (Å²) in [5, 5.41) is 13.3. The molecule has 5 heteroatoms. The molecule has 1 heterocycles. The molecule has 19 heavy (non-hydrogen) atoms. The molecule has 0 saturated heterocycles. The quantitative estimate of drug-likeness (QED) is 0.911. The summed E-state index contributed by atoms with van der Waals surface area (Å²) in [6, 6.07) is 7.60. The van der Waals surface area contributed by atoms with Gasteiger partial charge in [0.25, 0.3) is 0 Å². The van der Waals surface area contributed by atoms with Crippen LogP contribution in [0.5, 0.6) is 5.75 Å².